The molecule has 0 saturated carbocycles. The summed E-state index contributed by atoms with van der Waals surface area (Å²) < 4.78 is 0. The summed E-state index contributed by atoms with van der Waals surface area (Å²) in [6.07, 6.45) is 1.88. The molecule has 0 heterocycles. The highest BCUT2D eigenvalue weighted by Gasteiger charge is 1.87. The van der Waals surface area contributed by atoms with E-state index in [0.717, 1.165) is 17.7 Å². The van der Waals surface area contributed by atoms with Crippen molar-refractivity contribution in [2.45, 2.75) is 19.8 Å². The molecule has 0 amide bonds. The second kappa shape index (κ2) is 4.54. The van der Waals surface area contributed by atoms with Gasteiger partial charge in [-0.05, 0) is 17.7 Å². The van der Waals surface area contributed by atoms with E-state index < -0.39 is 0 Å². The van der Waals surface area contributed by atoms with Crippen molar-refractivity contribution >= 4 is 28.7 Å². The van der Waals surface area contributed by atoms with Gasteiger partial charge in [-0.15, -0.1) is 11.6 Å². The van der Waals surface area contributed by atoms with Crippen LogP contribution in [-0.2, 0) is 0 Å². The predicted molar refractivity (Wildman–Crippen MR) is 38.2 cm³/mol. The van der Waals surface area contributed by atoms with E-state index in [0.29, 0.717) is 5.88 Å². The maximum Gasteiger partial charge on any atom is 0.0268 e. The third kappa shape index (κ3) is 4.23. The number of hydrogen-bond donors (Lipinski definition) is 0. The molecule has 0 N–H and O–H groups in total. The minimum Gasteiger partial charge on any atom is -0.126 e. The molecule has 0 spiro atoms. The molecule has 7 heavy (non-hydrogen) atoms. The van der Waals surface area contributed by atoms with Gasteiger partial charge >= 0.3 is 0 Å². The SMILES string of the molecule is CCC(=S)CCCl. The lowest BCUT2D eigenvalue weighted by atomic mass is 10.3. The number of rotatable bonds is 3. The summed E-state index contributed by atoms with van der Waals surface area (Å²) in [7, 11) is 0. The van der Waals surface area contributed by atoms with Crippen molar-refractivity contribution in [3.63, 3.8) is 0 Å². The lowest BCUT2D eigenvalue weighted by Crippen LogP contribution is -1.90. The maximum absolute atomic E-state index is 5.39. The molecule has 0 aliphatic carbocycles. The van der Waals surface area contributed by atoms with Gasteiger partial charge in [0, 0.05) is 5.88 Å². The normalized spacial score (nSPS) is 8.86. The summed E-state index contributed by atoms with van der Waals surface area (Å²) in [6, 6.07) is 0. The molecule has 42 valence electrons. The van der Waals surface area contributed by atoms with Crippen LogP contribution in [0.15, 0.2) is 0 Å². The van der Waals surface area contributed by atoms with Gasteiger partial charge in [0.25, 0.3) is 0 Å². The van der Waals surface area contributed by atoms with E-state index in [1.165, 1.54) is 0 Å². The molecule has 0 aliphatic rings. The molecule has 0 nitrogen and oxygen atoms in total. The zero-order valence-electron chi connectivity index (χ0n) is 4.41. The molecule has 0 atom stereocenters. The molecule has 0 saturated heterocycles. The molecule has 0 radical (unpaired) electrons. The molecular weight excluding hydrogens is 128 g/mol. The van der Waals surface area contributed by atoms with Crippen LogP contribution in [0.3, 0.4) is 0 Å². The minimum atomic E-state index is 0.673. The van der Waals surface area contributed by atoms with E-state index in [4.69, 9.17) is 23.8 Å². The van der Waals surface area contributed by atoms with Gasteiger partial charge in [-0.1, -0.05) is 19.1 Å². The van der Waals surface area contributed by atoms with Crippen LogP contribution in [0.2, 0.25) is 0 Å². The van der Waals surface area contributed by atoms with Crippen LogP contribution < -0.4 is 0 Å². The van der Waals surface area contributed by atoms with Crippen molar-refractivity contribution in [1.29, 1.82) is 0 Å². The van der Waals surface area contributed by atoms with E-state index >= 15 is 0 Å². The first kappa shape index (κ1) is 7.38. The van der Waals surface area contributed by atoms with Gasteiger partial charge in [-0.25, -0.2) is 0 Å². The lowest BCUT2D eigenvalue weighted by Gasteiger charge is -1.90. The van der Waals surface area contributed by atoms with Crippen LogP contribution in [0.1, 0.15) is 19.8 Å². The fourth-order valence-electron chi connectivity index (χ4n) is 0.282. The zero-order chi connectivity index (χ0) is 5.70. The fraction of sp³-hybridized carbons (Fsp3) is 0.800. The molecule has 0 aromatic carbocycles. The average Bonchev–Trinajstić information content (AvgIpc) is 1.68. The highest BCUT2D eigenvalue weighted by Crippen LogP contribution is 1.93. The first-order chi connectivity index (χ1) is 3.31. The van der Waals surface area contributed by atoms with Crippen LogP contribution in [0, 0.1) is 0 Å². The summed E-state index contributed by atoms with van der Waals surface area (Å²) in [4.78, 5) is 1.08. The Kier molecular flexibility index (Phi) is 4.78. The van der Waals surface area contributed by atoms with Crippen molar-refractivity contribution in [3.05, 3.63) is 0 Å². The fourth-order valence-corrected chi connectivity index (χ4v) is 0.724. The molecule has 2 heteroatoms. The standard InChI is InChI=1S/C5H9ClS/c1-2-5(7)3-4-6/h2-4H2,1H3. The second-order valence-electron chi connectivity index (χ2n) is 1.33. The molecule has 0 aromatic rings. The van der Waals surface area contributed by atoms with E-state index in [-0.39, 0.29) is 0 Å². The summed E-state index contributed by atoms with van der Waals surface area (Å²) >= 11 is 10.3. The Labute approximate surface area is 54.9 Å². The van der Waals surface area contributed by atoms with Crippen molar-refractivity contribution in [2.24, 2.45) is 0 Å². The first-order valence-corrected chi connectivity index (χ1v) is 3.33. The van der Waals surface area contributed by atoms with Crippen LogP contribution >= 0.6 is 23.8 Å². The van der Waals surface area contributed by atoms with E-state index in [9.17, 15) is 0 Å². The predicted octanol–water partition coefficient (Wildman–Crippen LogP) is 2.40. The average molecular weight is 137 g/mol. The zero-order valence-corrected chi connectivity index (χ0v) is 5.98. The van der Waals surface area contributed by atoms with E-state index in [1.54, 1.807) is 0 Å². The number of alkyl halides is 1. The highest BCUT2D eigenvalue weighted by atomic mass is 35.5. The topological polar surface area (TPSA) is 0 Å². The smallest absolute Gasteiger partial charge is 0.0268 e. The molecule has 0 unspecified atom stereocenters. The number of hydrogen-bond acceptors (Lipinski definition) is 1. The third-order valence-corrected chi connectivity index (χ3v) is 1.45. The highest BCUT2D eigenvalue weighted by molar-refractivity contribution is 7.80. The minimum absolute atomic E-state index is 0.673. The summed E-state index contributed by atoms with van der Waals surface area (Å²) in [5, 5.41) is 0. The summed E-state index contributed by atoms with van der Waals surface area (Å²) in [5.74, 6) is 0.673. The van der Waals surface area contributed by atoms with Gasteiger partial charge < -0.3 is 0 Å². The molecule has 0 aliphatic heterocycles. The Bertz CT molecular complexity index is 61.1. The quantitative estimate of drug-likeness (QED) is 0.424. The van der Waals surface area contributed by atoms with Crippen LogP contribution in [-0.4, -0.2) is 10.7 Å². The molecule has 0 rings (SSSR count). The van der Waals surface area contributed by atoms with Crippen LogP contribution in [0.4, 0.5) is 0 Å². The van der Waals surface area contributed by atoms with Crippen molar-refractivity contribution in [1.82, 2.24) is 0 Å². The monoisotopic (exact) mass is 136 g/mol. The van der Waals surface area contributed by atoms with E-state index in [1.807, 2.05) is 0 Å². The summed E-state index contributed by atoms with van der Waals surface area (Å²) in [5.41, 5.74) is 0. The van der Waals surface area contributed by atoms with Gasteiger partial charge in [0.05, 0.1) is 0 Å². The van der Waals surface area contributed by atoms with Gasteiger partial charge in [0.15, 0.2) is 0 Å². The van der Waals surface area contributed by atoms with Gasteiger partial charge in [-0.2, -0.15) is 0 Å². The Morgan fingerprint density at radius 1 is 1.71 bits per heavy atom. The summed E-state index contributed by atoms with van der Waals surface area (Å²) in [6.45, 7) is 2.05. The molecule has 0 aromatic heterocycles. The molecular formula is C5H9ClS. The second-order valence-corrected chi connectivity index (χ2v) is 2.29. The lowest BCUT2D eigenvalue weighted by molar-refractivity contribution is 1.21. The Hall–Kier alpha value is 0.380. The van der Waals surface area contributed by atoms with Gasteiger partial charge in [0.2, 0.25) is 0 Å². The molecule has 0 bridgehead atoms. The van der Waals surface area contributed by atoms with Crippen LogP contribution in [0.25, 0.3) is 0 Å². The number of halogens is 1. The van der Waals surface area contributed by atoms with Crippen molar-refractivity contribution in [3.8, 4) is 0 Å². The number of thiocarbonyl (C=S) groups is 1. The first-order valence-electron chi connectivity index (χ1n) is 2.39. The molecule has 0 fully saturated rings. The maximum atomic E-state index is 5.39. The Balaban J connectivity index is 3.00. The van der Waals surface area contributed by atoms with Gasteiger partial charge in [-0.3, -0.25) is 0 Å². The largest absolute Gasteiger partial charge is 0.126 e. The van der Waals surface area contributed by atoms with Crippen LogP contribution in [0.5, 0.6) is 0 Å². The van der Waals surface area contributed by atoms with E-state index in [2.05, 4.69) is 6.92 Å². The Morgan fingerprint density at radius 2 is 2.29 bits per heavy atom. The van der Waals surface area contributed by atoms with Crippen molar-refractivity contribution in [2.75, 3.05) is 5.88 Å². The Morgan fingerprint density at radius 3 is 2.43 bits per heavy atom. The van der Waals surface area contributed by atoms with Gasteiger partial charge in [0.1, 0.15) is 0 Å². The van der Waals surface area contributed by atoms with Crippen molar-refractivity contribution < 1.29 is 0 Å². The third-order valence-electron chi connectivity index (χ3n) is 0.768.